The van der Waals surface area contributed by atoms with Gasteiger partial charge in [0.15, 0.2) is 0 Å². The maximum atomic E-state index is 9.95. The minimum absolute atomic E-state index is 0.0887. The van der Waals surface area contributed by atoms with Gasteiger partial charge in [-0.15, -0.1) is 0 Å². The monoisotopic (exact) mass is 255 g/mol. The summed E-state index contributed by atoms with van der Waals surface area (Å²) in [7, 11) is 0. The SMILES string of the molecule is N[C@H](c1ccc(O)c2ccccc12)C1CCCCC1. The zero-order chi connectivity index (χ0) is 13.2. The van der Waals surface area contributed by atoms with Crippen molar-refractivity contribution in [3.05, 3.63) is 42.0 Å². The van der Waals surface area contributed by atoms with E-state index in [0.29, 0.717) is 11.7 Å². The molecule has 0 bridgehead atoms. The van der Waals surface area contributed by atoms with Crippen molar-refractivity contribution < 1.29 is 5.11 Å². The highest BCUT2D eigenvalue weighted by atomic mass is 16.3. The topological polar surface area (TPSA) is 46.2 Å². The number of benzene rings is 2. The van der Waals surface area contributed by atoms with Crippen LogP contribution < -0.4 is 5.73 Å². The molecule has 0 unspecified atom stereocenters. The van der Waals surface area contributed by atoms with Crippen molar-refractivity contribution in [2.75, 3.05) is 0 Å². The Bertz CT molecular complexity index is 572. The van der Waals surface area contributed by atoms with Crippen LogP contribution in [-0.2, 0) is 0 Å². The molecule has 0 radical (unpaired) electrons. The summed E-state index contributed by atoms with van der Waals surface area (Å²) in [6.45, 7) is 0. The molecule has 0 aromatic heterocycles. The highest BCUT2D eigenvalue weighted by Crippen LogP contribution is 2.37. The van der Waals surface area contributed by atoms with Gasteiger partial charge in [-0.3, -0.25) is 0 Å². The third-order valence-electron chi connectivity index (χ3n) is 4.45. The average Bonchev–Trinajstić information content (AvgIpc) is 2.48. The van der Waals surface area contributed by atoms with Crippen molar-refractivity contribution in [3.63, 3.8) is 0 Å². The largest absolute Gasteiger partial charge is 0.507 e. The molecule has 0 heterocycles. The molecule has 3 rings (SSSR count). The van der Waals surface area contributed by atoms with Gasteiger partial charge < -0.3 is 10.8 Å². The first-order chi connectivity index (χ1) is 9.27. The van der Waals surface area contributed by atoms with Crippen LogP contribution in [0.25, 0.3) is 10.8 Å². The van der Waals surface area contributed by atoms with E-state index >= 15 is 0 Å². The first kappa shape index (κ1) is 12.5. The summed E-state index contributed by atoms with van der Waals surface area (Å²) < 4.78 is 0. The fourth-order valence-electron chi connectivity index (χ4n) is 3.34. The van der Waals surface area contributed by atoms with E-state index < -0.39 is 0 Å². The van der Waals surface area contributed by atoms with E-state index in [1.807, 2.05) is 24.3 Å². The quantitative estimate of drug-likeness (QED) is 0.847. The Hall–Kier alpha value is -1.54. The Morgan fingerprint density at radius 3 is 2.37 bits per heavy atom. The minimum Gasteiger partial charge on any atom is -0.507 e. The summed E-state index contributed by atoms with van der Waals surface area (Å²) in [6.07, 6.45) is 6.41. The maximum Gasteiger partial charge on any atom is 0.123 e. The van der Waals surface area contributed by atoms with Gasteiger partial charge in [0.2, 0.25) is 0 Å². The molecular formula is C17H21NO. The van der Waals surface area contributed by atoms with E-state index in [4.69, 9.17) is 5.73 Å². The summed E-state index contributed by atoms with van der Waals surface area (Å²) in [6, 6.07) is 11.9. The van der Waals surface area contributed by atoms with Crippen LogP contribution in [0.15, 0.2) is 36.4 Å². The molecule has 2 aromatic carbocycles. The van der Waals surface area contributed by atoms with Crippen molar-refractivity contribution >= 4 is 10.8 Å². The number of fused-ring (bicyclic) bond motifs is 1. The van der Waals surface area contributed by atoms with Gasteiger partial charge in [-0.25, -0.2) is 0 Å². The summed E-state index contributed by atoms with van der Waals surface area (Å²) in [5.74, 6) is 0.928. The van der Waals surface area contributed by atoms with E-state index in [0.717, 1.165) is 10.8 Å². The summed E-state index contributed by atoms with van der Waals surface area (Å²) in [4.78, 5) is 0. The van der Waals surface area contributed by atoms with Crippen molar-refractivity contribution in [1.82, 2.24) is 0 Å². The molecule has 2 nitrogen and oxygen atoms in total. The fourth-order valence-corrected chi connectivity index (χ4v) is 3.34. The van der Waals surface area contributed by atoms with Crippen LogP contribution in [0.4, 0.5) is 0 Å². The fraction of sp³-hybridized carbons (Fsp3) is 0.412. The molecule has 100 valence electrons. The number of phenolic OH excluding ortho intramolecular Hbond substituents is 1. The second kappa shape index (κ2) is 5.22. The molecule has 0 aliphatic heterocycles. The van der Waals surface area contributed by atoms with Gasteiger partial charge in [-0.1, -0.05) is 49.6 Å². The molecule has 3 N–H and O–H groups in total. The Morgan fingerprint density at radius 1 is 0.947 bits per heavy atom. The van der Waals surface area contributed by atoms with Gasteiger partial charge in [0, 0.05) is 11.4 Å². The van der Waals surface area contributed by atoms with E-state index in [1.54, 1.807) is 6.07 Å². The standard InChI is InChI=1S/C17H21NO/c18-17(12-6-2-1-3-7-12)15-10-11-16(19)14-9-5-4-8-13(14)15/h4-5,8-12,17,19H,1-3,6-7,18H2/t17-/m0/s1. The van der Waals surface area contributed by atoms with Crippen molar-refractivity contribution in [2.24, 2.45) is 11.7 Å². The normalized spacial score (nSPS) is 18.6. The smallest absolute Gasteiger partial charge is 0.123 e. The first-order valence-electron chi connectivity index (χ1n) is 7.23. The van der Waals surface area contributed by atoms with Crippen LogP contribution >= 0.6 is 0 Å². The Kier molecular flexibility index (Phi) is 3.43. The lowest BCUT2D eigenvalue weighted by atomic mass is 9.80. The third-order valence-corrected chi connectivity index (χ3v) is 4.45. The molecule has 0 saturated heterocycles. The van der Waals surface area contributed by atoms with E-state index in [-0.39, 0.29) is 6.04 Å². The van der Waals surface area contributed by atoms with Crippen molar-refractivity contribution in [1.29, 1.82) is 0 Å². The third kappa shape index (κ3) is 2.33. The number of rotatable bonds is 2. The van der Waals surface area contributed by atoms with Crippen molar-refractivity contribution in [3.8, 4) is 5.75 Å². The van der Waals surface area contributed by atoms with E-state index in [2.05, 4.69) is 6.07 Å². The molecule has 19 heavy (non-hydrogen) atoms. The van der Waals surface area contributed by atoms with Gasteiger partial charge in [-0.05, 0) is 35.8 Å². The zero-order valence-corrected chi connectivity index (χ0v) is 11.2. The predicted molar refractivity (Wildman–Crippen MR) is 79.1 cm³/mol. The molecule has 2 heteroatoms. The lowest BCUT2D eigenvalue weighted by Gasteiger charge is -2.28. The van der Waals surface area contributed by atoms with Gasteiger partial charge in [0.05, 0.1) is 0 Å². The molecule has 1 aliphatic carbocycles. The highest BCUT2D eigenvalue weighted by Gasteiger charge is 2.23. The lowest BCUT2D eigenvalue weighted by Crippen LogP contribution is -2.23. The Labute approximate surface area is 114 Å². The number of nitrogens with two attached hydrogens (primary N) is 1. The number of hydrogen-bond acceptors (Lipinski definition) is 2. The average molecular weight is 255 g/mol. The molecule has 1 atom stereocenters. The van der Waals surface area contributed by atoms with Gasteiger partial charge in [0.1, 0.15) is 5.75 Å². The van der Waals surface area contributed by atoms with Crippen LogP contribution in [0.1, 0.15) is 43.7 Å². The molecule has 1 fully saturated rings. The molecule has 1 aliphatic rings. The first-order valence-corrected chi connectivity index (χ1v) is 7.23. The van der Waals surface area contributed by atoms with Crippen LogP contribution in [0.3, 0.4) is 0 Å². The van der Waals surface area contributed by atoms with Crippen LogP contribution in [-0.4, -0.2) is 5.11 Å². The maximum absolute atomic E-state index is 9.95. The summed E-state index contributed by atoms with van der Waals surface area (Å²) in [5.41, 5.74) is 7.69. The van der Waals surface area contributed by atoms with Crippen LogP contribution in [0.2, 0.25) is 0 Å². The highest BCUT2D eigenvalue weighted by molar-refractivity contribution is 5.91. The summed E-state index contributed by atoms with van der Waals surface area (Å²) in [5, 5.41) is 12.0. The zero-order valence-electron chi connectivity index (χ0n) is 11.2. The molecule has 0 spiro atoms. The van der Waals surface area contributed by atoms with E-state index in [1.165, 1.54) is 37.7 Å². The second-order valence-electron chi connectivity index (χ2n) is 5.64. The van der Waals surface area contributed by atoms with Crippen LogP contribution in [0, 0.1) is 5.92 Å². The second-order valence-corrected chi connectivity index (χ2v) is 5.64. The van der Waals surface area contributed by atoms with E-state index in [9.17, 15) is 5.11 Å². The predicted octanol–water partition coefficient (Wildman–Crippen LogP) is 4.13. The Morgan fingerprint density at radius 2 is 1.63 bits per heavy atom. The summed E-state index contributed by atoms with van der Waals surface area (Å²) >= 11 is 0. The number of aromatic hydroxyl groups is 1. The lowest BCUT2D eigenvalue weighted by molar-refractivity contribution is 0.309. The molecule has 0 amide bonds. The van der Waals surface area contributed by atoms with Gasteiger partial charge >= 0.3 is 0 Å². The molecule has 1 saturated carbocycles. The van der Waals surface area contributed by atoms with Crippen LogP contribution in [0.5, 0.6) is 5.75 Å². The van der Waals surface area contributed by atoms with Gasteiger partial charge in [0.25, 0.3) is 0 Å². The number of phenols is 1. The van der Waals surface area contributed by atoms with Crippen molar-refractivity contribution in [2.45, 2.75) is 38.1 Å². The number of hydrogen-bond donors (Lipinski definition) is 2. The van der Waals surface area contributed by atoms with Gasteiger partial charge in [-0.2, -0.15) is 0 Å². The minimum atomic E-state index is 0.0887. The Balaban J connectivity index is 2.02. The molecule has 2 aromatic rings. The molecular weight excluding hydrogens is 234 g/mol.